The minimum Gasteiger partial charge on any atom is -0.369 e. The van der Waals surface area contributed by atoms with Crippen LogP contribution in [0.4, 0.5) is 5.82 Å². The van der Waals surface area contributed by atoms with Crippen LogP contribution in [0.2, 0.25) is 0 Å². The van der Waals surface area contributed by atoms with E-state index in [9.17, 15) is 14.4 Å². The number of aromatic nitrogens is 2. The van der Waals surface area contributed by atoms with Crippen molar-refractivity contribution in [3.05, 3.63) is 44.7 Å². The number of thioether (sulfide) groups is 1. The van der Waals surface area contributed by atoms with Crippen molar-refractivity contribution in [2.75, 3.05) is 25.0 Å². The largest absolute Gasteiger partial charge is 0.369 e. The lowest BCUT2D eigenvalue weighted by Crippen LogP contribution is -2.40. The molecule has 0 aromatic carbocycles. The number of carbonyl (C=O) groups is 2. The summed E-state index contributed by atoms with van der Waals surface area (Å²) >= 11 is 6.38. The number of anilines is 1. The maximum atomic E-state index is 13.4. The van der Waals surface area contributed by atoms with Gasteiger partial charge in [-0.3, -0.25) is 23.7 Å². The number of hydrogen-bond donors (Lipinski definition) is 1. The summed E-state index contributed by atoms with van der Waals surface area (Å²) in [7, 11) is 1.61. The van der Waals surface area contributed by atoms with Gasteiger partial charge in [-0.25, -0.2) is 4.98 Å². The van der Waals surface area contributed by atoms with E-state index in [2.05, 4.69) is 0 Å². The standard InChI is InChI=1S/C20H21N5O3S2/c1-11-4-3-7-25-16(11)22-17(24-8-5-12(6-9-24)15(21)26)13(18(25)27)10-14-19(28)23(2)20(29)30-14/h3-4,7,10,12H,5-6,8-9H2,1-2H3,(H2,21,26)/b14-10+. The molecule has 0 atom stereocenters. The molecule has 0 saturated carbocycles. The van der Waals surface area contributed by atoms with Gasteiger partial charge in [0.2, 0.25) is 5.91 Å². The lowest BCUT2D eigenvalue weighted by atomic mass is 9.96. The molecule has 2 aliphatic rings. The molecular formula is C20H21N5O3S2. The van der Waals surface area contributed by atoms with E-state index in [4.69, 9.17) is 22.9 Å². The van der Waals surface area contributed by atoms with Crippen molar-refractivity contribution < 1.29 is 9.59 Å². The second kappa shape index (κ2) is 7.84. The van der Waals surface area contributed by atoms with Crippen LogP contribution in [-0.2, 0) is 9.59 Å². The molecule has 0 radical (unpaired) electrons. The smallest absolute Gasteiger partial charge is 0.267 e. The molecule has 2 fully saturated rings. The van der Waals surface area contributed by atoms with E-state index >= 15 is 0 Å². The number of carbonyl (C=O) groups excluding carboxylic acids is 2. The Labute approximate surface area is 182 Å². The zero-order chi connectivity index (χ0) is 21.6. The zero-order valence-electron chi connectivity index (χ0n) is 16.6. The number of rotatable bonds is 3. The SMILES string of the molecule is Cc1cccn2c(=O)c(/C=C3/SC(=S)N(C)C3=O)c(N3CCC(C(N)=O)CC3)nc12. The first-order chi connectivity index (χ1) is 14.3. The third-order valence-electron chi connectivity index (χ3n) is 5.52. The number of pyridine rings is 1. The lowest BCUT2D eigenvalue weighted by Gasteiger charge is -2.32. The van der Waals surface area contributed by atoms with Crippen molar-refractivity contribution in [1.29, 1.82) is 0 Å². The molecule has 30 heavy (non-hydrogen) atoms. The summed E-state index contributed by atoms with van der Waals surface area (Å²) in [6.45, 7) is 3.00. The molecule has 2 amide bonds. The van der Waals surface area contributed by atoms with E-state index in [1.54, 1.807) is 25.4 Å². The fourth-order valence-corrected chi connectivity index (χ4v) is 4.88. The van der Waals surface area contributed by atoms with Crippen LogP contribution in [0.15, 0.2) is 28.0 Å². The van der Waals surface area contributed by atoms with Crippen molar-refractivity contribution in [2.45, 2.75) is 19.8 Å². The first kappa shape index (κ1) is 20.5. The van der Waals surface area contributed by atoms with Gasteiger partial charge in [-0.05, 0) is 37.5 Å². The molecule has 2 N–H and O–H groups in total. The molecule has 2 aromatic heterocycles. The molecule has 0 unspecified atom stereocenters. The van der Waals surface area contributed by atoms with Crippen LogP contribution in [-0.4, -0.2) is 50.6 Å². The molecule has 156 valence electrons. The third-order valence-corrected chi connectivity index (χ3v) is 7.01. The van der Waals surface area contributed by atoms with E-state index < -0.39 is 0 Å². The average molecular weight is 444 g/mol. The summed E-state index contributed by atoms with van der Waals surface area (Å²) in [5, 5.41) is 0. The van der Waals surface area contributed by atoms with Gasteiger partial charge >= 0.3 is 0 Å². The number of thiocarbonyl (C=S) groups is 1. The van der Waals surface area contributed by atoms with Gasteiger partial charge in [-0.2, -0.15) is 0 Å². The Kier molecular flexibility index (Phi) is 5.37. The van der Waals surface area contributed by atoms with Crippen LogP contribution in [0.3, 0.4) is 0 Å². The van der Waals surface area contributed by atoms with Crippen LogP contribution in [0.25, 0.3) is 11.7 Å². The van der Waals surface area contributed by atoms with Gasteiger partial charge in [0.25, 0.3) is 11.5 Å². The number of fused-ring (bicyclic) bond motifs is 1. The maximum Gasteiger partial charge on any atom is 0.267 e. The Balaban J connectivity index is 1.86. The Hall–Kier alpha value is -2.72. The van der Waals surface area contributed by atoms with Crippen LogP contribution in [0, 0.1) is 12.8 Å². The third kappa shape index (κ3) is 3.50. The van der Waals surface area contributed by atoms with Crippen LogP contribution >= 0.6 is 24.0 Å². The fourth-order valence-electron chi connectivity index (χ4n) is 3.72. The minimum atomic E-state index is -0.302. The Morgan fingerprint density at radius 1 is 1.33 bits per heavy atom. The molecule has 0 spiro atoms. The molecule has 2 aliphatic heterocycles. The van der Waals surface area contributed by atoms with E-state index in [0.717, 1.165) is 5.56 Å². The van der Waals surface area contributed by atoms with Crippen LogP contribution < -0.4 is 16.2 Å². The number of nitrogens with two attached hydrogens (primary N) is 1. The van der Waals surface area contributed by atoms with Gasteiger partial charge in [0, 0.05) is 32.3 Å². The molecule has 2 aromatic rings. The van der Waals surface area contributed by atoms with Gasteiger partial charge in [0.15, 0.2) is 0 Å². The van der Waals surface area contributed by atoms with Crippen molar-refractivity contribution in [2.24, 2.45) is 11.7 Å². The molecule has 2 saturated heterocycles. The van der Waals surface area contributed by atoms with Crippen LogP contribution in [0.1, 0.15) is 24.0 Å². The van der Waals surface area contributed by atoms with Crippen molar-refractivity contribution >= 4 is 57.7 Å². The average Bonchev–Trinajstić information content (AvgIpc) is 2.97. The molecule has 4 rings (SSSR count). The van der Waals surface area contributed by atoms with Gasteiger partial charge in [-0.1, -0.05) is 30.0 Å². The molecule has 0 aliphatic carbocycles. The lowest BCUT2D eigenvalue weighted by molar-refractivity contribution is -0.122. The fraction of sp³-hybridized carbons (Fsp3) is 0.350. The van der Waals surface area contributed by atoms with E-state index in [-0.39, 0.29) is 23.3 Å². The topological polar surface area (TPSA) is 101 Å². The highest BCUT2D eigenvalue weighted by Gasteiger charge is 2.31. The zero-order valence-corrected chi connectivity index (χ0v) is 18.3. The second-order valence-corrected chi connectivity index (χ2v) is 9.12. The normalized spacial score (nSPS) is 19.3. The summed E-state index contributed by atoms with van der Waals surface area (Å²) < 4.78 is 1.94. The summed E-state index contributed by atoms with van der Waals surface area (Å²) in [5.74, 6) is -0.205. The summed E-state index contributed by atoms with van der Waals surface area (Å²) in [6.07, 6.45) is 4.45. The number of nitrogens with zero attached hydrogens (tertiary/aromatic N) is 4. The van der Waals surface area contributed by atoms with E-state index in [0.29, 0.717) is 52.2 Å². The highest BCUT2D eigenvalue weighted by Crippen LogP contribution is 2.33. The molecular weight excluding hydrogens is 422 g/mol. The molecule has 0 bridgehead atoms. The van der Waals surface area contributed by atoms with E-state index in [1.165, 1.54) is 21.1 Å². The Bertz CT molecular complexity index is 1160. The van der Waals surface area contributed by atoms with Gasteiger partial charge in [0.05, 0.1) is 10.5 Å². The maximum absolute atomic E-state index is 13.4. The highest BCUT2D eigenvalue weighted by molar-refractivity contribution is 8.26. The number of primary amides is 1. The summed E-state index contributed by atoms with van der Waals surface area (Å²) in [6, 6.07) is 3.69. The van der Waals surface area contributed by atoms with Crippen molar-refractivity contribution in [3.63, 3.8) is 0 Å². The number of piperidine rings is 1. The van der Waals surface area contributed by atoms with Crippen LogP contribution in [0.5, 0.6) is 0 Å². The number of amides is 2. The molecule has 4 heterocycles. The molecule has 10 heteroatoms. The minimum absolute atomic E-state index is 0.177. The quantitative estimate of drug-likeness (QED) is 0.567. The Morgan fingerprint density at radius 2 is 2.03 bits per heavy atom. The van der Waals surface area contributed by atoms with E-state index in [1.807, 2.05) is 17.9 Å². The van der Waals surface area contributed by atoms with Gasteiger partial charge in [0.1, 0.15) is 15.8 Å². The Morgan fingerprint density at radius 3 is 2.63 bits per heavy atom. The molecule has 8 nitrogen and oxygen atoms in total. The first-order valence-electron chi connectivity index (χ1n) is 9.55. The number of likely N-dealkylation sites (N-methyl/N-ethyl adjacent to an activating group) is 1. The highest BCUT2D eigenvalue weighted by atomic mass is 32.2. The predicted molar refractivity (Wildman–Crippen MR) is 121 cm³/mol. The van der Waals surface area contributed by atoms with Crippen molar-refractivity contribution in [1.82, 2.24) is 14.3 Å². The second-order valence-electron chi connectivity index (χ2n) is 7.44. The van der Waals surface area contributed by atoms with Crippen molar-refractivity contribution in [3.8, 4) is 0 Å². The number of hydrogen-bond acceptors (Lipinski definition) is 7. The van der Waals surface area contributed by atoms with Gasteiger partial charge < -0.3 is 10.6 Å². The predicted octanol–water partition coefficient (Wildman–Crippen LogP) is 1.54. The summed E-state index contributed by atoms with van der Waals surface area (Å²) in [4.78, 5) is 46.0. The monoisotopic (exact) mass is 443 g/mol. The first-order valence-corrected chi connectivity index (χ1v) is 10.8. The number of aryl methyl sites for hydroxylation is 1. The summed E-state index contributed by atoms with van der Waals surface area (Å²) in [5.41, 5.74) is 6.98. The van der Waals surface area contributed by atoms with Gasteiger partial charge in [-0.15, -0.1) is 0 Å².